The summed E-state index contributed by atoms with van der Waals surface area (Å²) in [6, 6.07) is 0. The topological polar surface area (TPSA) is 38.3 Å². The molecule has 0 spiro atoms. The Kier molecular flexibility index (Phi) is 5.46. The molecule has 9 heteroatoms. The summed E-state index contributed by atoms with van der Waals surface area (Å²) in [5.41, 5.74) is -1.75. The predicted molar refractivity (Wildman–Crippen MR) is 45.1 cm³/mol. The molecule has 17 heavy (non-hydrogen) atoms. The van der Waals surface area contributed by atoms with E-state index < -0.39 is 29.9 Å². The Morgan fingerprint density at radius 1 is 1.18 bits per heavy atom. The molecule has 100 valence electrons. The average molecular weight is 265 g/mol. The van der Waals surface area contributed by atoms with Gasteiger partial charge in [-0.2, -0.15) is 26.3 Å². The van der Waals surface area contributed by atoms with Gasteiger partial charge in [-0.3, -0.25) is 4.79 Å². The molecule has 0 aliphatic carbocycles. The van der Waals surface area contributed by atoms with Gasteiger partial charge in [0.15, 0.2) is 0 Å². The van der Waals surface area contributed by atoms with Crippen molar-refractivity contribution in [3.8, 4) is 0 Å². The Labute approximate surface area is 92.4 Å². The minimum atomic E-state index is -5.33. The van der Waals surface area contributed by atoms with Gasteiger partial charge in [-0.1, -0.05) is 0 Å². The van der Waals surface area contributed by atoms with Crippen LogP contribution in [0.4, 0.5) is 26.3 Å². The van der Waals surface area contributed by atoms with Gasteiger partial charge < -0.3 is 10.1 Å². The smallest absolute Gasteiger partial charge is 0.383 e. The molecule has 0 saturated heterocycles. The molecule has 0 bridgehead atoms. The van der Waals surface area contributed by atoms with Crippen LogP contribution in [0.15, 0.2) is 11.8 Å². The van der Waals surface area contributed by atoms with Crippen molar-refractivity contribution in [2.45, 2.75) is 12.4 Å². The van der Waals surface area contributed by atoms with Crippen molar-refractivity contribution >= 4 is 5.78 Å². The third-order valence-corrected chi connectivity index (χ3v) is 1.48. The fraction of sp³-hybridized carbons (Fsp3) is 0.625. The number of alkyl halides is 6. The number of ketones is 1. The summed E-state index contributed by atoms with van der Waals surface area (Å²) < 4.78 is 76.3. The molecule has 0 heterocycles. The molecule has 0 aromatic rings. The Bertz CT molecular complexity index is 293. The summed E-state index contributed by atoms with van der Waals surface area (Å²) in [4.78, 5) is 10.4. The molecule has 0 amide bonds. The molecule has 3 nitrogen and oxygen atoms in total. The Balaban J connectivity index is 4.81. The van der Waals surface area contributed by atoms with Gasteiger partial charge in [0.1, 0.15) is 5.70 Å². The van der Waals surface area contributed by atoms with Gasteiger partial charge >= 0.3 is 12.4 Å². The van der Waals surface area contributed by atoms with Crippen molar-refractivity contribution in [2.24, 2.45) is 0 Å². The number of nitrogens with one attached hydrogen (secondary N) is 1. The van der Waals surface area contributed by atoms with Crippen molar-refractivity contribution in [1.29, 1.82) is 0 Å². The maximum absolute atomic E-state index is 12.2. The first-order valence-electron chi connectivity index (χ1n) is 4.22. The summed E-state index contributed by atoms with van der Waals surface area (Å²) in [6.07, 6.45) is -10.9. The molecule has 0 aromatic carbocycles. The van der Waals surface area contributed by atoms with Crippen LogP contribution in [0.5, 0.6) is 0 Å². The highest BCUT2D eigenvalue weighted by molar-refractivity contribution is 5.95. The van der Waals surface area contributed by atoms with Crippen LogP contribution >= 0.6 is 0 Å². The fourth-order valence-corrected chi connectivity index (χ4v) is 0.734. The standard InChI is InChI=1S/C8H9F6NO2/c1-17-3-2-15-5(7(9,10)11)4-6(16)8(12,13)14/h4,15H,2-3H2,1H3. The van der Waals surface area contributed by atoms with E-state index in [4.69, 9.17) is 0 Å². The van der Waals surface area contributed by atoms with E-state index in [2.05, 4.69) is 4.74 Å². The van der Waals surface area contributed by atoms with Crippen molar-refractivity contribution < 1.29 is 35.9 Å². The quantitative estimate of drug-likeness (QED) is 0.468. The van der Waals surface area contributed by atoms with Crippen LogP contribution in [-0.4, -0.2) is 38.4 Å². The molecular weight excluding hydrogens is 256 g/mol. The lowest BCUT2D eigenvalue weighted by molar-refractivity contribution is -0.166. The first kappa shape index (κ1) is 15.8. The number of halogens is 6. The molecule has 0 unspecified atom stereocenters. The Morgan fingerprint density at radius 2 is 1.71 bits per heavy atom. The van der Waals surface area contributed by atoms with Gasteiger partial charge in [-0.25, -0.2) is 0 Å². The first-order chi connectivity index (χ1) is 7.59. The molecule has 0 atom stereocenters. The number of hydrogen-bond donors (Lipinski definition) is 1. The van der Waals surface area contributed by atoms with Crippen LogP contribution in [0, 0.1) is 0 Å². The van der Waals surface area contributed by atoms with Gasteiger partial charge in [0.2, 0.25) is 0 Å². The minimum Gasteiger partial charge on any atom is -0.383 e. The monoisotopic (exact) mass is 265 g/mol. The zero-order valence-corrected chi connectivity index (χ0v) is 8.58. The van der Waals surface area contributed by atoms with E-state index in [-0.39, 0.29) is 13.2 Å². The molecule has 0 aliphatic rings. The normalized spacial score (nSPS) is 13.7. The number of carbonyl (C=O) groups excluding carboxylic acids is 1. The highest BCUT2D eigenvalue weighted by Crippen LogP contribution is 2.25. The van der Waals surface area contributed by atoms with Crippen LogP contribution in [-0.2, 0) is 9.53 Å². The van der Waals surface area contributed by atoms with Crippen LogP contribution in [0.25, 0.3) is 0 Å². The minimum absolute atomic E-state index is 0.145. The summed E-state index contributed by atoms with van der Waals surface area (Å²) in [6.45, 7) is -0.513. The molecule has 0 saturated carbocycles. The van der Waals surface area contributed by atoms with E-state index in [1.807, 2.05) is 0 Å². The molecular formula is C8H9F6NO2. The summed E-state index contributed by atoms with van der Waals surface area (Å²) in [5, 5.41) is 1.65. The molecule has 0 rings (SSSR count). The molecule has 0 fully saturated rings. The van der Waals surface area contributed by atoms with E-state index >= 15 is 0 Å². The van der Waals surface area contributed by atoms with Crippen molar-refractivity contribution in [3.05, 3.63) is 11.8 Å². The number of methoxy groups -OCH3 is 1. The van der Waals surface area contributed by atoms with Gasteiger partial charge in [0, 0.05) is 19.7 Å². The second-order valence-electron chi connectivity index (χ2n) is 2.84. The SMILES string of the molecule is COCCNC(=CC(=O)C(F)(F)F)C(F)(F)F. The lowest BCUT2D eigenvalue weighted by Crippen LogP contribution is -2.31. The van der Waals surface area contributed by atoms with Gasteiger partial charge in [0.25, 0.3) is 5.78 Å². The second-order valence-corrected chi connectivity index (χ2v) is 2.84. The number of ether oxygens (including phenoxy) is 1. The molecule has 1 N–H and O–H groups in total. The third-order valence-electron chi connectivity index (χ3n) is 1.48. The zero-order chi connectivity index (χ0) is 13.7. The molecule has 0 aromatic heterocycles. The second kappa shape index (κ2) is 5.89. The van der Waals surface area contributed by atoms with E-state index in [1.54, 1.807) is 5.32 Å². The van der Waals surface area contributed by atoms with E-state index in [0.29, 0.717) is 0 Å². The van der Waals surface area contributed by atoms with Crippen molar-refractivity contribution in [2.75, 3.05) is 20.3 Å². The lowest BCUT2D eigenvalue weighted by Gasteiger charge is -2.14. The van der Waals surface area contributed by atoms with E-state index in [0.717, 1.165) is 0 Å². The fourth-order valence-electron chi connectivity index (χ4n) is 0.734. The summed E-state index contributed by atoms with van der Waals surface area (Å²) in [7, 11) is 1.21. The van der Waals surface area contributed by atoms with Gasteiger partial charge in [-0.15, -0.1) is 0 Å². The van der Waals surface area contributed by atoms with Crippen LogP contribution in [0.3, 0.4) is 0 Å². The summed E-state index contributed by atoms with van der Waals surface area (Å²) in [5.74, 6) is -2.57. The zero-order valence-electron chi connectivity index (χ0n) is 8.58. The number of hydrogen-bond acceptors (Lipinski definition) is 3. The molecule has 0 aliphatic heterocycles. The van der Waals surface area contributed by atoms with Crippen LogP contribution < -0.4 is 5.32 Å². The first-order valence-corrected chi connectivity index (χ1v) is 4.22. The lowest BCUT2D eigenvalue weighted by atomic mass is 10.3. The van der Waals surface area contributed by atoms with Gasteiger partial charge in [-0.05, 0) is 0 Å². The molecule has 0 radical (unpaired) electrons. The summed E-state index contributed by atoms with van der Waals surface area (Å²) >= 11 is 0. The Hall–Kier alpha value is -1.25. The highest BCUT2D eigenvalue weighted by Gasteiger charge is 2.41. The maximum atomic E-state index is 12.2. The number of rotatable bonds is 5. The van der Waals surface area contributed by atoms with Crippen molar-refractivity contribution in [1.82, 2.24) is 5.32 Å². The maximum Gasteiger partial charge on any atom is 0.454 e. The Morgan fingerprint density at radius 3 is 2.06 bits per heavy atom. The predicted octanol–water partition coefficient (Wildman–Crippen LogP) is 1.80. The van der Waals surface area contributed by atoms with E-state index in [1.165, 1.54) is 7.11 Å². The van der Waals surface area contributed by atoms with Gasteiger partial charge in [0.05, 0.1) is 6.61 Å². The largest absolute Gasteiger partial charge is 0.454 e. The third kappa shape index (κ3) is 6.15. The average Bonchev–Trinajstić information content (AvgIpc) is 2.13. The number of carbonyl (C=O) groups is 1. The highest BCUT2D eigenvalue weighted by atomic mass is 19.4. The van der Waals surface area contributed by atoms with Crippen LogP contribution in [0.1, 0.15) is 0 Å². The van der Waals surface area contributed by atoms with Crippen molar-refractivity contribution in [3.63, 3.8) is 0 Å². The van der Waals surface area contributed by atoms with E-state index in [9.17, 15) is 31.1 Å². The van der Waals surface area contributed by atoms with Crippen LogP contribution in [0.2, 0.25) is 0 Å². The number of allylic oxidation sites excluding steroid dienone is 2.